The summed E-state index contributed by atoms with van der Waals surface area (Å²) in [5, 5.41) is 9.99. The number of halogens is 2. The normalized spacial score (nSPS) is 12.0. The van der Waals surface area contributed by atoms with E-state index in [1.807, 2.05) is 18.2 Å². The van der Waals surface area contributed by atoms with Crippen molar-refractivity contribution in [2.24, 2.45) is 4.99 Å². The van der Waals surface area contributed by atoms with Crippen molar-refractivity contribution in [3.8, 4) is 5.75 Å². The van der Waals surface area contributed by atoms with Crippen molar-refractivity contribution < 1.29 is 5.11 Å². The van der Waals surface area contributed by atoms with Gasteiger partial charge in [0.05, 0.1) is 10.2 Å². The van der Waals surface area contributed by atoms with Gasteiger partial charge in [0, 0.05) is 16.3 Å². The SMILES string of the molecule is CC(C)(C)c1ccc(N=Cc2cc(Br)cc(Br)c2O)cc1. The Labute approximate surface area is 142 Å². The number of nitrogens with zero attached hydrogens (tertiary/aromatic N) is 1. The van der Waals surface area contributed by atoms with Gasteiger partial charge in [-0.3, -0.25) is 4.99 Å². The van der Waals surface area contributed by atoms with E-state index in [2.05, 4.69) is 69.8 Å². The molecule has 110 valence electrons. The maximum atomic E-state index is 9.99. The van der Waals surface area contributed by atoms with Crippen LogP contribution in [0, 0.1) is 0 Å². The summed E-state index contributed by atoms with van der Waals surface area (Å²) in [7, 11) is 0. The highest BCUT2D eigenvalue weighted by Gasteiger charge is 2.12. The number of phenols is 1. The summed E-state index contributed by atoms with van der Waals surface area (Å²) in [5.41, 5.74) is 2.93. The Hall–Kier alpha value is -1.13. The number of benzene rings is 2. The fourth-order valence-corrected chi connectivity index (χ4v) is 3.13. The van der Waals surface area contributed by atoms with Crippen molar-refractivity contribution in [1.82, 2.24) is 0 Å². The molecule has 21 heavy (non-hydrogen) atoms. The van der Waals surface area contributed by atoms with Crippen LogP contribution in [0.3, 0.4) is 0 Å². The van der Waals surface area contributed by atoms with Crippen LogP contribution in [-0.2, 0) is 5.41 Å². The second-order valence-electron chi connectivity index (χ2n) is 5.88. The summed E-state index contributed by atoms with van der Waals surface area (Å²) in [5.74, 6) is 0.188. The molecule has 0 unspecified atom stereocenters. The molecular formula is C17H17Br2NO. The Morgan fingerprint density at radius 1 is 1.05 bits per heavy atom. The third kappa shape index (κ3) is 4.17. The first kappa shape index (κ1) is 16.2. The molecule has 2 nitrogen and oxygen atoms in total. The fourth-order valence-electron chi connectivity index (χ4n) is 1.88. The molecule has 0 atom stereocenters. The lowest BCUT2D eigenvalue weighted by Gasteiger charge is -2.18. The van der Waals surface area contributed by atoms with Gasteiger partial charge >= 0.3 is 0 Å². The largest absolute Gasteiger partial charge is 0.506 e. The fraction of sp³-hybridized carbons (Fsp3) is 0.235. The molecule has 0 aliphatic rings. The summed E-state index contributed by atoms with van der Waals surface area (Å²) in [4.78, 5) is 4.42. The van der Waals surface area contributed by atoms with Crippen molar-refractivity contribution in [3.05, 3.63) is 56.5 Å². The van der Waals surface area contributed by atoms with Gasteiger partial charge in [-0.05, 0) is 51.2 Å². The lowest BCUT2D eigenvalue weighted by Crippen LogP contribution is -2.10. The molecule has 0 aliphatic carbocycles. The summed E-state index contributed by atoms with van der Waals surface area (Å²) in [6.45, 7) is 6.55. The van der Waals surface area contributed by atoms with Crippen molar-refractivity contribution in [1.29, 1.82) is 0 Å². The maximum absolute atomic E-state index is 9.99. The van der Waals surface area contributed by atoms with Gasteiger partial charge in [0.2, 0.25) is 0 Å². The molecule has 2 aromatic rings. The van der Waals surface area contributed by atoms with Crippen LogP contribution in [-0.4, -0.2) is 11.3 Å². The smallest absolute Gasteiger partial charge is 0.138 e. The van der Waals surface area contributed by atoms with Crippen LogP contribution in [0.15, 0.2) is 50.3 Å². The number of phenolic OH excluding ortho intramolecular Hbond substituents is 1. The Balaban J connectivity index is 2.26. The molecule has 0 fully saturated rings. The average Bonchev–Trinajstić information content (AvgIpc) is 2.40. The van der Waals surface area contributed by atoms with Crippen LogP contribution >= 0.6 is 31.9 Å². The van der Waals surface area contributed by atoms with Gasteiger partial charge in [0.15, 0.2) is 0 Å². The van der Waals surface area contributed by atoms with Crippen LogP contribution in [0.5, 0.6) is 5.75 Å². The zero-order valence-corrected chi connectivity index (χ0v) is 15.4. The van der Waals surface area contributed by atoms with Gasteiger partial charge in [-0.25, -0.2) is 0 Å². The lowest BCUT2D eigenvalue weighted by molar-refractivity contribution is 0.471. The molecular weight excluding hydrogens is 394 g/mol. The van der Waals surface area contributed by atoms with Crippen molar-refractivity contribution >= 4 is 43.8 Å². The minimum absolute atomic E-state index is 0.135. The van der Waals surface area contributed by atoms with Crippen molar-refractivity contribution in [3.63, 3.8) is 0 Å². The molecule has 2 aromatic carbocycles. The molecule has 0 heterocycles. The Kier molecular flexibility index (Phi) is 4.89. The average molecular weight is 411 g/mol. The highest BCUT2D eigenvalue weighted by atomic mass is 79.9. The van der Waals surface area contributed by atoms with Crippen molar-refractivity contribution in [2.45, 2.75) is 26.2 Å². The first-order valence-electron chi connectivity index (χ1n) is 6.60. The molecule has 0 spiro atoms. The highest BCUT2D eigenvalue weighted by molar-refractivity contribution is 9.11. The minimum atomic E-state index is 0.135. The molecule has 2 rings (SSSR count). The van der Waals surface area contributed by atoms with E-state index in [4.69, 9.17) is 0 Å². The van der Waals surface area contributed by atoms with Gasteiger partial charge < -0.3 is 5.11 Å². The Morgan fingerprint density at radius 3 is 2.24 bits per heavy atom. The van der Waals surface area contributed by atoms with Crippen LogP contribution in [0.1, 0.15) is 31.9 Å². The van der Waals surface area contributed by atoms with Gasteiger partial charge in [0.25, 0.3) is 0 Å². The monoisotopic (exact) mass is 409 g/mol. The van der Waals surface area contributed by atoms with Crippen LogP contribution in [0.2, 0.25) is 0 Å². The summed E-state index contributed by atoms with van der Waals surface area (Å²) in [6, 6.07) is 11.8. The molecule has 0 saturated carbocycles. The molecule has 1 N–H and O–H groups in total. The predicted molar refractivity (Wildman–Crippen MR) is 95.9 cm³/mol. The van der Waals surface area contributed by atoms with E-state index in [0.29, 0.717) is 10.0 Å². The molecule has 0 radical (unpaired) electrons. The number of rotatable bonds is 2. The quantitative estimate of drug-likeness (QED) is 0.608. The van der Waals surface area contributed by atoms with Crippen LogP contribution in [0.25, 0.3) is 0 Å². The number of hydrogen-bond acceptors (Lipinski definition) is 2. The predicted octanol–water partition coefficient (Wildman–Crippen LogP) is 5.97. The molecule has 0 amide bonds. The van der Waals surface area contributed by atoms with E-state index < -0.39 is 0 Å². The molecule has 0 aliphatic heterocycles. The highest BCUT2D eigenvalue weighted by Crippen LogP contribution is 2.31. The summed E-state index contributed by atoms with van der Waals surface area (Å²) in [6.07, 6.45) is 1.66. The topological polar surface area (TPSA) is 32.6 Å². The Morgan fingerprint density at radius 2 is 1.67 bits per heavy atom. The van der Waals surface area contributed by atoms with E-state index in [9.17, 15) is 5.11 Å². The van der Waals surface area contributed by atoms with E-state index in [1.54, 1.807) is 12.3 Å². The van der Waals surface area contributed by atoms with Gasteiger partial charge in [-0.2, -0.15) is 0 Å². The van der Waals surface area contributed by atoms with E-state index >= 15 is 0 Å². The maximum Gasteiger partial charge on any atom is 0.138 e. The zero-order valence-electron chi connectivity index (χ0n) is 12.2. The molecule has 4 heteroatoms. The van der Waals surface area contributed by atoms with E-state index in [0.717, 1.165) is 10.2 Å². The van der Waals surface area contributed by atoms with E-state index in [1.165, 1.54) is 5.56 Å². The second-order valence-corrected chi connectivity index (χ2v) is 7.65. The van der Waals surface area contributed by atoms with Gasteiger partial charge in [0.1, 0.15) is 5.75 Å². The van der Waals surface area contributed by atoms with Crippen LogP contribution < -0.4 is 0 Å². The van der Waals surface area contributed by atoms with E-state index in [-0.39, 0.29) is 11.2 Å². The third-order valence-corrected chi connectivity index (χ3v) is 4.21. The first-order valence-corrected chi connectivity index (χ1v) is 8.18. The molecule has 0 bridgehead atoms. The summed E-state index contributed by atoms with van der Waals surface area (Å²) < 4.78 is 1.53. The summed E-state index contributed by atoms with van der Waals surface area (Å²) >= 11 is 6.71. The molecule has 0 aromatic heterocycles. The first-order chi connectivity index (χ1) is 9.77. The van der Waals surface area contributed by atoms with Crippen molar-refractivity contribution in [2.75, 3.05) is 0 Å². The second kappa shape index (κ2) is 6.32. The number of aliphatic imine (C=N–C) groups is 1. The van der Waals surface area contributed by atoms with Gasteiger partial charge in [-0.1, -0.05) is 48.8 Å². The number of hydrogen-bond donors (Lipinski definition) is 1. The standard InChI is InChI=1S/C17H17Br2NO/c1-17(2,3)12-4-6-14(7-5-12)20-10-11-8-13(18)9-15(19)16(11)21/h4-10,21H,1-3H3. The van der Waals surface area contributed by atoms with Crippen LogP contribution in [0.4, 0.5) is 5.69 Å². The van der Waals surface area contributed by atoms with Gasteiger partial charge in [-0.15, -0.1) is 0 Å². The zero-order chi connectivity index (χ0) is 15.6. The Bertz CT molecular complexity index is 670. The number of aromatic hydroxyl groups is 1. The lowest BCUT2D eigenvalue weighted by atomic mass is 9.87. The third-order valence-electron chi connectivity index (χ3n) is 3.14. The minimum Gasteiger partial charge on any atom is -0.506 e. The molecule has 0 saturated heterocycles.